The van der Waals surface area contributed by atoms with E-state index in [-0.39, 0.29) is 5.54 Å². The maximum absolute atomic E-state index is 4.65. The molecule has 2 heteroatoms. The molecule has 0 radical (unpaired) electrons. The van der Waals surface area contributed by atoms with Gasteiger partial charge in [-0.15, -0.1) is 0 Å². The number of aromatic nitrogens is 1. The minimum atomic E-state index is 0.174. The first-order valence-corrected chi connectivity index (χ1v) is 6.20. The maximum atomic E-state index is 4.65. The van der Waals surface area contributed by atoms with E-state index >= 15 is 0 Å². The van der Waals surface area contributed by atoms with Crippen molar-refractivity contribution in [1.29, 1.82) is 0 Å². The van der Waals surface area contributed by atoms with Gasteiger partial charge in [-0.3, -0.25) is 4.98 Å². The molecule has 0 spiro atoms. The number of pyridine rings is 1. The highest BCUT2D eigenvalue weighted by atomic mass is 15.0. The highest BCUT2D eigenvalue weighted by Crippen LogP contribution is 2.13. The van der Waals surface area contributed by atoms with Crippen molar-refractivity contribution in [3.05, 3.63) is 42.1 Å². The molecular weight excluding hydrogens is 208 g/mol. The number of nitrogens with zero attached hydrogens (tertiary/aromatic N) is 1. The van der Waals surface area contributed by atoms with Crippen molar-refractivity contribution in [2.24, 2.45) is 0 Å². The zero-order valence-electron chi connectivity index (χ0n) is 10.8. The summed E-state index contributed by atoms with van der Waals surface area (Å²) >= 11 is 0. The van der Waals surface area contributed by atoms with Gasteiger partial charge in [-0.25, -0.2) is 0 Å². The highest BCUT2D eigenvalue weighted by Gasteiger charge is 2.13. The molecule has 0 amide bonds. The van der Waals surface area contributed by atoms with Crippen LogP contribution in [0.1, 0.15) is 32.9 Å². The molecule has 0 atom stereocenters. The van der Waals surface area contributed by atoms with Crippen LogP contribution in [-0.2, 0) is 6.54 Å². The van der Waals surface area contributed by atoms with E-state index in [1.54, 1.807) is 0 Å². The average molecular weight is 228 g/mol. The van der Waals surface area contributed by atoms with Gasteiger partial charge in [0.2, 0.25) is 0 Å². The van der Waals surface area contributed by atoms with E-state index in [0.29, 0.717) is 0 Å². The van der Waals surface area contributed by atoms with Crippen molar-refractivity contribution >= 4 is 10.9 Å². The molecule has 90 valence electrons. The molecular formula is C15H20N2. The van der Waals surface area contributed by atoms with E-state index in [4.69, 9.17) is 0 Å². The van der Waals surface area contributed by atoms with Gasteiger partial charge in [0, 0.05) is 17.5 Å². The van der Waals surface area contributed by atoms with Crippen molar-refractivity contribution < 1.29 is 0 Å². The van der Waals surface area contributed by atoms with Crippen LogP contribution in [-0.4, -0.2) is 10.5 Å². The van der Waals surface area contributed by atoms with E-state index in [1.807, 2.05) is 12.1 Å². The smallest absolute Gasteiger partial charge is 0.0705 e. The Kier molecular flexibility index (Phi) is 3.43. The Balaban J connectivity index is 2.14. The van der Waals surface area contributed by atoms with Crippen molar-refractivity contribution in [2.45, 2.75) is 39.3 Å². The largest absolute Gasteiger partial charge is 0.306 e. The Labute approximate surface area is 103 Å². The SMILES string of the molecule is CCC(C)(C)NCc1ccc2ccccc2n1. The summed E-state index contributed by atoms with van der Waals surface area (Å²) in [6.07, 6.45) is 1.11. The van der Waals surface area contributed by atoms with Crippen molar-refractivity contribution in [3.63, 3.8) is 0 Å². The van der Waals surface area contributed by atoms with E-state index < -0.39 is 0 Å². The fraction of sp³-hybridized carbons (Fsp3) is 0.400. The highest BCUT2D eigenvalue weighted by molar-refractivity contribution is 5.78. The number of para-hydroxylation sites is 1. The van der Waals surface area contributed by atoms with Gasteiger partial charge in [0.15, 0.2) is 0 Å². The molecule has 0 unspecified atom stereocenters. The molecule has 1 heterocycles. The average Bonchev–Trinajstić information content (AvgIpc) is 2.36. The van der Waals surface area contributed by atoms with Gasteiger partial charge in [0.05, 0.1) is 11.2 Å². The van der Waals surface area contributed by atoms with Crippen molar-refractivity contribution in [2.75, 3.05) is 0 Å². The third-order valence-electron chi connectivity index (χ3n) is 3.29. The first-order valence-electron chi connectivity index (χ1n) is 6.20. The van der Waals surface area contributed by atoms with Gasteiger partial charge < -0.3 is 5.32 Å². The molecule has 0 aliphatic rings. The molecule has 0 saturated carbocycles. The molecule has 0 saturated heterocycles. The van der Waals surface area contributed by atoms with Crippen LogP contribution in [0.3, 0.4) is 0 Å². The van der Waals surface area contributed by atoms with Crippen LogP contribution in [0.2, 0.25) is 0 Å². The molecule has 1 N–H and O–H groups in total. The van der Waals surface area contributed by atoms with Crippen molar-refractivity contribution in [1.82, 2.24) is 10.3 Å². The summed E-state index contributed by atoms with van der Waals surface area (Å²) < 4.78 is 0. The second-order valence-corrected chi connectivity index (χ2v) is 5.09. The standard InChI is InChI=1S/C15H20N2/c1-4-15(2,3)16-11-13-10-9-12-7-5-6-8-14(12)17-13/h5-10,16H,4,11H2,1-3H3. The fourth-order valence-corrected chi connectivity index (χ4v) is 1.66. The Morgan fingerprint density at radius 3 is 2.65 bits per heavy atom. The lowest BCUT2D eigenvalue weighted by Gasteiger charge is -2.24. The minimum Gasteiger partial charge on any atom is -0.306 e. The Morgan fingerprint density at radius 2 is 1.88 bits per heavy atom. The summed E-state index contributed by atoms with van der Waals surface area (Å²) in [6, 6.07) is 12.5. The molecule has 0 aliphatic heterocycles. The third-order valence-corrected chi connectivity index (χ3v) is 3.29. The maximum Gasteiger partial charge on any atom is 0.0705 e. The number of benzene rings is 1. The predicted octanol–water partition coefficient (Wildman–Crippen LogP) is 3.51. The van der Waals surface area contributed by atoms with Crippen LogP contribution in [0.4, 0.5) is 0 Å². The number of fused-ring (bicyclic) bond motifs is 1. The summed E-state index contributed by atoms with van der Waals surface area (Å²) in [5.41, 5.74) is 2.35. The van der Waals surface area contributed by atoms with Crippen LogP contribution >= 0.6 is 0 Å². The zero-order valence-corrected chi connectivity index (χ0v) is 10.8. The molecule has 2 nitrogen and oxygen atoms in total. The van der Waals surface area contributed by atoms with E-state index in [0.717, 1.165) is 24.2 Å². The summed E-state index contributed by atoms with van der Waals surface area (Å²) in [6.45, 7) is 7.45. The van der Waals surface area contributed by atoms with E-state index in [9.17, 15) is 0 Å². The van der Waals surface area contributed by atoms with Gasteiger partial charge in [0.25, 0.3) is 0 Å². The summed E-state index contributed by atoms with van der Waals surface area (Å²) in [5.74, 6) is 0. The van der Waals surface area contributed by atoms with Crippen LogP contribution < -0.4 is 5.32 Å². The molecule has 2 rings (SSSR count). The number of rotatable bonds is 4. The van der Waals surface area contributed by atoms with Gasteiger partial charge in [0.1, 0.15) is 0 Å². The lowest BCUT2D eigenvalue weighted by atomic mass is 10.0. The zero-order chi connectivity index (χ0) is 12.3. The minimum absolute atomic E-state index is 0.174. The summed E-state index contributed by atoms with van der Waals surface area (Å²) in [7, 11) is 0. The fourth-order valence-electron chi connectivity index (χ4n) is 1.66. The number of nitrogens with one attached hydrogen (secondary N) is 1. The molecule has 0 bridgehead atoms. The van der Waals surface area contributed by atoms with E-state index in [2.05, 4.69) is 55.3 Å². The molecule has 1 aromatic carbocycles. The molecule has 2 aromatic rings. The predicted molar refractivity (Wildman–Crippen MR) is 73.0 cm³/mol. The second-order valence-electron chi connectivity index (χ2n) is 5.09. The summed E-state index contributed by atoms with van der Waals surface area (Å²) in [4.78, 5) is 4.65. The third kappa shape index (κ3) is 3.04. The van der Waals surface area contributed by atoms with Gasteiger partial charge >= 0.3 is 0 Å². The molecule has 0 fully saturated rings. The van der Waals surface area contributed by atoms with Crippen LogP contribution in [0.5, 0.6) is 0 Å². The van der Waals surface area contributed by atoms with Gasteiger partial charge in [-0.2, -0.15) is 0 Å². The first kappa shape index (κ1) is 12.1. The van der Waals surface area contributed by atoms with Gasteiger partial charge in [-0.1, -0.05) is 31.2 Å². The van der Waals surface area contributed by atoms with Crippen molar-refractivity contribution in [3.8, 4) is 0 Å². The lowest BCUT2D eigenvalue weighted by molar-refractivity contribution is 0.372. The Morgan fingerprint density at radius 1 is 1.12 bits per heavy atom. The quantitative estimate of drug-likeness (QED) is 0.866. The van der Waals surface area contributed by atoms with Crippen LogP contribution in [0.25, 0.3) is 10.9 Å². The van der Waals surface area contributed by atoms with Crippen LogP contribution in [0.15, 0.2) is 36.4 Å². The Hall–Kier alpha value is -1.41. The Bertz CT molecular complexity index is 503. The van der Waals surface area contributed by atoms with Gasteiger partial charge in [-0.05, 0) is 32.4 Å². The monoisotopic (exact) mass is 228 g/mol. The number of hydrogen-bond acceptors (Lipinski definition) is 2. The molecule has 17 heavy (non-hydrogen) atoms. The summed E-state index contributed by atoms with van der Waals surface area (Å²) in [5, 5.41) is 4.73. The molecule has 1 aromatic heterocycles. The normalized spacial score (nSPS) is 11.9. The number of hydrogen-bond donors (Lipinski definition) is 1. The van der Waals surface area contributed by atoms with E-state index in [1.165, 1.54) is 5.39 Å². The topological polar surface area (TPSA) is 24.9 Å². The van der Waals surface area contributed by atoms with Crippen LogP contribution in [0, 0.1) is 0 Å². The molecule has 0 aliphatic carbocycles. The second kappa shape index (κ2) is 4.84. The first-order chi connectivity index (χ1) is 8.11. The lowest BCUT2D eigenvalue weighted by Crippen LogP contribution is -2.38.